The lowest BCUT2D eigenvalue weighted by atomic mass is 10.2. The third kappa shape index (κ3) is 2.44. The van der Waals surface area contributed by atoms with E-state index in [1.54, 1.807) is 12.4 Å². The third-order valence-corrected chi connectivity index (χ3v) is 2.83. The summed E-state index contributed by atoms with van der Waals surface area (Å²) in [5, 5.41) is 4.74. The minimum absolute atomic E-state index is 0.680. The molecule has 0 saturated carbocycles. The maximum atomic E-state index is 5.58. The summed E-state index contributed by atoms with van der Waals surface area (Å²) >= 11 is 1.44. The summed E-state index contributed by atoms with van der Waals surface area (Å²) in [6, 6.07) is 3.97. The zero-order valence-electron chi connectivity index (χ0n) is 8.40. The lowest BCUT2D eigenvalue weighted by Crippen LogP contribution is -2.02. The number of aromatic nitrogens is 2. The normalized spacial score (nSPS) is 10.2. The van der Waals surface area contributed by atoms with Gasteiger partial charge in [-0.2, -0.15) is 0 Å². The van der Waals surface area contributed by atoms with Crippen molar-refractivity contribution in [3.05, 3.63) is 35.8 Å². The molecule has 0 amide bonds. The fourth-order valence-corrected chi connectivity index (χ4v) is 1.81. The molecule has 3 N–H and O–H groups in total. The molecule has 0 unspecified atom stereocenters. The van der Waals surface area contributed by atoms with Gasteiger partial charge in [-0.3, -0.25) is 4.98 Å². The summed E-state index contributed by atoms with van der Waals surface area (Å²) in [7, 11) is 0. The van der Waals surface area contributed by atoms with E-state index in [-0.39, 0.29) is 0 Å². The summed E-state index contributed by atoms with van der Waals surface area (Å²) in [5.74, 6) is 0. The smallest absolute Gasteiger partial charge is 0.184 e. The molecule has 2 aromatic heterocycles. The van der Waals surface area contributed by atoms with Gasteiger partial charge < -0.3 is 11.1 Å². The summed E-state index contributed by atoms with van der Waals surface area (Å²) in [6.07, 6.45) is 3.44. The van der Waals surface area contributed by atoms with Gasteiger partial charge in [-0.15, -0.1) is 0 Å². The second-order valence-electron chi connectivity index (χ2n) is 3.19. The molecule has 0 aliphatic heterocycles. The van der Waals surface area contributed by atoms with Crippen LogP contribution in [0.5, 0.6) is 0 Å². The Morgan fingerprint density at radius 3 is 3.00 bits per heavy atom. The van der Waals surface area contributed by atoms with E-state index in [9.17, 15) is 0 Å². The molecule has 0 aromatic carbocycles. The molecule has 0 aliphatic rings. The summed E-state index contributed by atoms with van der Waals surface area (Å²) in [5.41, 5.74) is 7.79. The van der Waals surface area contributed by atoms with E-state index in [0.29, 0.717) is 6.54 Å². The number of nitrogens with one attached hydrogen (secondary N) is 1. The van der Waals surface area contributed by atoms with Crippen LogP contribution in [0.15, 0.2) is 24.5 Å². The number of hydrogen-bond acceptors (Lipinski definition) is 5. The number of nitrogen functional groups attached to an aromatic ring is 1. The van der Waals surface area contributed by atoms with Crippen LogP contribution in [0, 0.1) is 6.92 Å². The van der Waals surface area contributed by atoms with Crippen molar-refractivity contribution >= 4 is 21.5 Å². The lowest BCUT2D eigenvalue weighted by Gasteiger charge is -2.04. The van der Waals surface area contributed by atoms with Crippen LogP contribution in [0.1, 0.15) is 11.3 Å². The zero-order valence-corrected chi connectivity index (χ0v) is 9.21. The van der Waals surface area contributed by atoms with Crippen molar-refractivity contribution in [2.75, 3.05) is 11.1 Å². The first-order valence-corrected chi connectivity index (χ1v) is 5.43. The molecule has 2 aromatic rings. The number of nitrogens with two attached hydrogens (primary N) is 1. The van der Waals surface area contributed by atoms with Crippen LogP contribution >= 0.6 is 11.3 Å². The Bertz CT molecular complexity index is 452. The van der Waals surface area contributed by atoms with Crippen LogP contribution in [0.2, 0.25) is 0 Å². The number of pyridine rings is 1. The van der Waals surface area contributed by atoms with E-state index in [1.165, 1.54) is 16.9 Å². The van der Waals surface area contributed by atoms with Gasteiger partial charge >= 0.3 is 0 Å². The molecule has 15 heavy (non-hydrogen) atoms. The van der Waals surface area contributed by atoms with E-state index < -0.39 is 0 Å². The number of thiazole rings is 1. The first kappa shape index (κ1) is 9.92. The molecule has 2 rings (SSSR count). The monoisotopic (exact) mass is 220 g/mol. The number of rotatable bonds is 3. The van der Waals surface area contributed by atoms with Gasteiger partial charge in [-0.1, -0.05) is 17.4 Å². The van der Waals surface area contributed by atoms with Gasteiger partial charge in [-0.05, 0) is 18.6 Å². The standard InChI is InChI=1S/C10H12N4S/c1-7-3-2-4-12-8(7)5-13-10-14-6-9(11)15-10/h2-4,6H,5,11H2,1H3,(H,13,14). The Kier molecular flexibility index (Phi) is 2.82. The first-order chi connectivity index (χ1) is 7.25. The van der Waals surface area contributed by atoms with E-state index in [4.69, 9.17) is 5.73 Å². The molecule has 4 nitrogen and oxygen atoms in total. The molecule has 78 valence electrons. The molecule has 0 spiro atoms. The fraction of sp³-hybridized carbons (Fsp3) is 0.200. The van der Waals surface area contributed by atoms with Crippen LogP contribution in [-0.4, -0.2) is 9.97 Å². The van der Waals surface area contributed by atoms with Crippen LogP contribution in [-0.2, 0) is 6.54 Å². The van der Waals surface area contributed by atoms with Gasteiger partial charge in [0.1, 0.15) is 5.00 Å². The maximum absolute atomic E-state index is 5.58. The third-order valence-electron chi connectivity index (χ3n) is 2.05. The van der Waals surface area contributed by atoms with E-state index >= 15 is 0 Å². The Morgan fingerprint density at radius 1 is 1.47 bits per heavy atom. The highest BCUT2D eigenvalue weighted by atomic mass is 32.1. The topological polar surface area (TPSA) is 63.8 Å². The van der Waals surface area contributed by atoms with Gasteiger partial charge in [0.15, 0.2) is 5.13 Å². The Hall–Kier alpha value is -1.62. The quantitative estimate of drug-likeness (QED) is 0.830. The molecule has 0 bridgehead atoms. The summed E-state index contributed by atoms with van der Waals surface area (Å²) in [6.45, 7) is 2.72. The van der Waals surface area contributed by atoms with Crippen LogP contribution in [0.3, 0.4) is 0 Å². The summed E-state index contributed by atoms with van der Waals surface area (Å²) < 4.78 is 0. The van der Waals surface area contributed by atoms with Crippen LogP contribution in [0.4, 0.5) is 10.1 Å². The second kappa shape index (κ2) is 4.27. The molecular formula is C10H12N4S. The minimum atomic E-state index is 0.680. The van der Waals surface area contributed by atoms with Gasteiger partial charge in [0.25, 0.3) is 0 Å². The first-order valence-electron chi connectivity index (χ1n) is 4.61. The van der Waals surface area contributed by atoms with E-state index in [1.807, 2.05) is 19.1 Å². The van der Waals surface area contributed by atoms with Crippen molar-refractivity contribution < 1.29 is 0 Å². The van der Waals surface area contributed by atoms with Crippen molar-refractivity contribution in [2.24, 2.45) is 0 Å². The molecule has 0 fully saturated rings. The molecule has 0 aliphatic carbocycles. The van der Waals surface area contributed by atoms with Crippen molar-refractivity contribution in [2.45, 2.75) is 13.5 Å². The van der Waals surface area contributed by atoms with Gasteiger partial charge in [0.2, 0.25) is 0 Å². The molecule has 2 heterocycles. The fourth-order valence-electron chi connectivity index (χ4n) is 1.23. The molecular weight excluding hydrogens is 208 g/mol. The average Bonchev–Trinajstić information content (AvgIpc) is 2.63. The number of anilines is 2. The van der Waals surface area contributed by atoms with Crippen molar-refractivity contribution in [3.8, 4) is 0 Å². The zero-order chi connectivity index (χ0) is 10.7. The Balaban J connectivity index is 2.02. The van der Waals surface area contributed by atoms with E-state index in [2.05, 4.69) is 15.3 Å². The maximum Gasteiger partial charge on any atom is 0.184 e. The van der Waals surface area contributed by atoms with Crippen molar-refractivity contribution in [1.82, 2.24) is 9.97 Å². The van der Waals surface area contributed by atoms with Gasteiger partial charge in [-0.25, -0.2) is 4.98 Å². The highest BCUT2D eigenvalue weighted by molar-refractivity contribution is 7.19. The van der Waals surface area contributed by atoms with Gasteiger partial charge in [0.05, 0.1) is 18.4 Å². The van der Waals surface area contributed by atoms with Crippen LogP contribution < -0.4 is 11.1 Å². The van der Waals surface area contributed by atoms with E-state index in [0.717, 1.165) is 15.8 Å². The lowest BCUT2D eigenvalue weighted by molar-refractivity contribution is 1.01. The molecule has 0 saturated heterocycles. The van der Waals surface area contributed by atoms with Crippen molar-refractivity contribution in [3.63, 3.8) is 0 Å². The minimum Gasteiger partial charge on any atom is -0.389 e. The Labute approximate surface area is 92.2 Å². The number of aryl methyl sites for hydroxylation is 1. The number of nitrogens with zero attached hydrogens (tertiary/aromatic N) is 2. The van der Waals surface area contributed by atoms with Gasteiger partial charge in [0, 0.05) is 6.20 Å². The molecule has 0 atom stereocenters. The van der Waals surface area contributed by atoms with Crippen molar-refractivity contribution in [1.29, 1.82) is 0 Å². The largest absolute Gasteiger partial charge is 0.389 e. The van der Waals surface area contributed by atoms with Crippen LogP contribution in [0.25, 0.3) is 0 Å². The Morgan fingerprint density at radius 2 is 2.33 bits per heavy atom. The summed E-state index contributed by atoms with van der Waals surface area (Å²) in [4.78, 5) is 8.40. The SMILES string of the molecule is Cc1cccnc1CNc1ncc(N)s1. The molecule has 0 radical (unpaired) electrons. The predicted molar refractivity (Wildman–Crippen MR) is 62.8 cm³/mol. The average molecular weight is 220 g/mol. The highest BCUT2D eigenvalue weighted by Gasteiger charge is 2.01. The molecule has 5 heteroatoms. The number of hydrogen-bond donors (Lipinski definition) is 2. The second-order valence-corrected chi connectivity index (χ2v) is 4.25. The predicted octanol–water partition coefficient (Wildman–Crippen LogP) is 2.04. The highest BCUT2D eigenvalue weighted by Crippen LogP contribution is 2.20.